The topological polar surface area (TPSA) is 59.8 Å². The van der Waals surface area contributed by atoms with Crippen molar-refractivity contribution in [1.82, 2.24) is 19.9 Å². The Morgan fingerprint density at radius 2 is 1.86 bits per heavy atom. The Kier molecular flexibility index (Phi) is 4.28. The van der Waals surface area contributed by atoms with E-state index in [9.17, 15) is 4.79 Å². The fraction of sp³-hybridized carbons (Fsp3) is 0.261. The third kappa shape index (κ3) is 3.24. The zero-order valence-corrected chi connectivity index (χ0v) is 15.6. The first kappa shape index (κ1) is 16.9. The summed E-state index contributed by atoms with van der Waals surface area (Å²) in [6, 6.07) is 18.0. The van der Waals surface area contributed by atoms with Crippen LogP contribution in [0.25, 0.3) is 21.9 Å². The number of nitrogens with one attached hydrogen (secondary N) is 1. The van der Waals surface area contributed by atoms with Crippen LogP contribution in [0.3, 0.4) is 0 Å². The highest BCUT2D eigenvalue weighted by molar-refractivity contribution is 6.06. The molecule has 1 amide bonds. The summed E-state index contributed by atoms with van der Waals surface area (Å²) < 4.78 is 2.13. The Morgan fingerprint density at radius 1 is 1.07 bits per heavy atom. The molecule has 0 unspecified atom stereocenters. The molecule has 5 heteroatoms. The first-order chi connectivity index (χ1) is 13.8. The molecule has 1 N–H and O–H groups in total. The van der Waals surface area contributed by atoms with Crippen molar-refractivity contribution in [3.05, 3.63) is 72.2 Å². The van der Waals surface area contributed by atoms with Crippen molar-refractivity contribution in [3.8, 4) is 0 Å². The van der Waals surface area contributed by atoms with Gasteiger partial charge < -0.3 is 9.88 Å². The summed E-state index contributed by atoms with van der Waals surface area (Å²) in [6.07, 6.45) is 5.06. The smallest absolute Gasteiger partial charge is 0.252 e. The molecular weight excluding hydrogens is 348 g/mol. The average Bonchev–Trinajstić information content (AvgIpc) is 3.51. The van der Waals surface area contributed by atoms with Crippen molar-refractivity contribution < 1.29 is 4.79 Å². The van der Waals surface area contributed by atoms with Gasteiger partial charge in [0, 0.05) is 30.1 Å². The Balaban J connectivity index is 1.28. The van der Waals surface area contributed by atoms with E-state index in [-0.39, 0.29) is 5.91 Å². The van der Waals surface area contributed by atoms with Gasteiger partial charge in [-0.2, -0.15) is 0 Å². The van der Waals surface area contributed by atoms with Gasteiger partial charge in [-0.05, 0) is 43.5 Å². The lowest BCUT2D eigenvalue weighted by molar-refractivity contribution is 0.0954. The molecule has 5 rings (SSSR count). The van der Waals surface area contributed by atoms with Gasteiger partial charge in [0.2, 0.25) is 0 Å². The Hall–Kier alpha value is -3.21. The van der Waals surface area contributed by atoms with Gasteiger partial charge >= 0.3 is 0 Å². The number of para-hydroxylation sites is 3. The number of benzene rings is 2. The maximum Gasteiger partial charge on any atom is 0.252 e. The Bertz CT molecular complexity index is 1160. The number of hydrogen-bond acceptors (Lipinski definition) is 3. The number of carbonyl (C=O) groups excluding carboxylic acids is 1. The molecule has 0 aliphatic heterocycles. The van der Waals surface area contributed by atoms with Crippen LogP contribution in [0.2, 0.25) is 0 Å². The van der Waals surface area contributed by atoms with Crippen molar-refractivity contribution in [1.29, 1.82) is 0 Å². The molecule has 1 fully saturated rings. The maximum absolute atomic E-state index is 12.9. The van der Waals surface area contributed by atoms with Crippen LogP contribution >= 0.6 is 0 Å². The van der Waals surface area contributed by atoms with E-state index in [1.165, 1.54) is 12.8 Å². The number of rotatable bonds is 6. The fourth-order valence-electron chi connectivity index (χ4n) is 3.71. The normalized spacial score (nSPS) is 13.9. The highest BCUT2D eigenvalue weighted by Gasteiger charge is 2.26. The van der Waals surface area contributed by atoms with E-state index >= 15 is 0 Å². The number of nitrogens with zero attached hydrogens (tertiary/aromatic N) is 3. The SMILES string of the molecule is O=C(NCCCn1cnc2ccccc21)c1cc(C2CC2)nc2ccccc12. The first-order valence-corrected chi connectivity index (χ1v) is 9.87. The van der Waals surface area contributed by atoms with E-state index < -0.39 is 0 Å². The number of hydrogen-bond donors (Lipinski definition) is 1. The summed E-state index contributed by atoms with van der Waals surface area (Å²) in [5, 5.41) is 4.01. The molecule has 140 valence electrons. The molecular formula is C23H22N4O. The lowest BCUT2D eigenvalue weighted by Crippen LogP contribution is -2.25. The first-order valence-electron chi connectivity index (χ1n) is 9.87. The Morgan fingerprint density at radius 3 is 2.71 bits per heavy atom. The van der Waals surface area contributed by atoms with E-state index in [1.54, 1.807) is 0 Å². The highest BCUT2D eigenvalue weighted by Crippen LogP contribution is 2.40. The van der Waals surface area contributed by atoms with Crippen LogP contribution in [0.1, 0.15) is 41.2 Å². The van der Waals surface area contributed by atoms with Crippen molar-refractivity contribution in [2.75, 3.05) is 6.54 Å². The van der Waals surface area contributed by atoms with Crippen LogP contribution < -0.4 is 5.32 Å². The van der Waals surface area contributed by atoms with Crippen LogP contribution in [0.15, 0.2) is 60.9 Å². The van der Waals surface area contributed by atoms with E-state index in [4.69, 9.17) is 4.98 Å². The molecule has 28 heavy (non-hydrogen) atoms. The number of aromatic nitrogens is 3. The largest absolute Gasteiger partial charge is 0.352 e. The van der Waals surface area contributed by atoms with Crippen LogP contribution in [0, 0.1) is 0 Å². The molecule has 0 radical (unpaired) electrons. The minimum Gasteiger partial charge on any atom is -0.352 e. The number of pyridine rings is 1. The van der Waals surface area contributed by atoms with Gasteiger partial charge in [-0.3, -0.25) is 9.78 Å². The highest BCUT2D eigenvalue weighted by atomic mass is 16.1. The van der Waals surface area contributed by atoms with Crippen molar-refractivity contribution in [2.24, 2.45) is 0 Å². The minimum atomic E-state index is -0.0176. The van der Waals surface area contributed by atoms with Crippen LogP contribution in [-0.2, 0) is 6.54 Å². The molecule has 0 atom stereocenters. The third-order valence-electron chi connectivity index (χ3n) is 5.36. The predicted molar refractivity (Wildman–Crippen MR) is 110 cm³/mol. The molecule has 5 nitrogen and oxygen atoms in total. The summed E-state index contributed by atoms with van der Waals surface area (Å²) in [6.45, 7) is 1.45. The molecule has 1 aliphatic rings. The van der Waals surface area contributed by atoms with Crippen molar-refractivity contribution >= 4 is 27.8 Å². The molecule has 0 saturated heterocycles. The van der Waals surface area contributed by atoms with Gasteiger partial charge in [-0.15, -0.1) is 0 Å². The molecule has 1 aliphatic carbocycles. The van der Waals surface area contributed by atoms with Gasteiger partial charge in [-0.25, -0.2) is 4.98 Å². The number of imidazole rings is 1. The van der Waals surface area contributed by atoms with E-state index in [0.29, 0.717) is 12.5 Å². The van der Waals surface area contributed by atoms with Crippen molar-refractivity contribution in [3.63, 3.8) is 0 Å². The predicted octanol–water partition coefficient (Wildman–Crippen LogP) is 4.28. The number of aryl methyl sites for hydroxylation is 1. The molecule has 4 aromatic rings. The standard InChI is InChI=1S/C23H22N4O/c28-23(24-12-5-13-27-15-25-20-8-3-4-9-22(20)27)18-14-21(16-10-11-16)26-19-7-2-1-6-17(18)19/h1-4,6-9,14-16H,5,10-13H2,(H,24,28). The van der Waals surface area contributed by atoms with E-state index in [0.717, 1.165) is 46.2 Å². The summed E-state index contributed by atoms with van der Waals surface area (Å²) >= 11 is 0. The van der Waals surface area contributed by atoms with Gasteiger partial charge in [-0.1, -0.05) is 30.3 Å². The molecule has 1 saturated carbocycles. The maximum atomic E-state index is 12.9. The zero-order chi connectivity index (χ0) is 18.9. The van der Waals surface area contributed by atoms with E-state index in [1.807, 2.05) is 54.9 Å². The fourth-order valence-corrected chi connectivity index (χ4v) is 3.71. The zero-order valence-electron chi connectivity index (χ0n) is 15.6. The molecule has 2 aromatic carbocycles. The number of fused-ring (bicyclic) bond motifs is 2. The average molecular weight is 370 g/mol. The van der Waals surface area contributed by atoms with Crippen LogP contribution in [-0.4, -0.2) is 27.0 Å². The lowest BCUT2D eigenvalue weighted by Gasteiger charge is -2.10. The van der Waals surface area contributed by atoms with Gasteiger partial charge in [0.15, 0.2) is 0 Å². The van der Waals surface area contributed by atoms with Crippen molar-refractivity contribution in [2.45, 2.75) is 31.7 Å². The molecule has 2 heterocycles. The summed E-state index contributed by atoms with van der Waals surface area (Å²) in [7, 11) is 0. The van der Waals surface area contributed by atoms with E-state index in [2.05, 4.69) is 20.9 Å². The minimum absolute atomic E-state index is 0.0176. The number of amides is 1. The third-order valence-corrected chi connectivity index (χ3v) is 5.36. The second kappa shape index (κ2) is 7.08. The van der Waals surface area contributed by atoms with Gasteiger partial charge in [0.25, 0.3) is 5.91 Å². The van der Waals surface area contributed by atoms with Gasteiger partial charge in [0.1, 0.15) is 0 Å². The quantitative estimate of drug-likeness (QED) is 0.515. The second-order valence-electron chi connectivity index (χ2n) is 7.42. The van der Waals surface area contributed by atoms with Gasteiger partial charge in [0.05, 0.1) is 28.4 Å². The summed E-state index contributed by atoms with van der Waals surface area (Å²) in [5.74, 6) is 0.502. The monoisotopic (exact) mass is 370 g/mol. The van der Waals surface area contributed by atoms with Crippen LogP contribution in [0.5, 0.6) is 0 Å². The number of carbonyl (C=O) groups is 1. The Labute approximate surface area is 163 Å². The molecule has 0 bridgehead atoms. The summed E-state index contributed by atoms with van der Waals surface area (Å²) in [5.41, 5.74) is 4.82. The molecule has 2 aromatic heterocycles. The molecule has 0 spiro atoms. The summed E-state index contributed by atoms with van der Waals surface area (Å²) in [4.78, 5) is 22.0. The lowest BCUT2D eigenvalue weighted by atomic mass is 10.1. The second-order valence-corrected chi connectivity index (χ2v) is 7.42. The van der Waals surface area contributed by atoms with Crippen LogP contribution in [0.4, 0.5) is 0 Å².